The first kappa shape index (κ1) is 18.7. The number of anilines is 1. The number of nitrogens with zero attached hydrogens (tertiary/aromatic N) is 2. The van der Waals surface area contributed by atoms with E-state index >= 15 is 0 Å². The van der Waals surface area contributed by atoms with Crippen molar-refractivity contribution in [3.05, 3.63) is 24.0 Å². The maximum atomic E-state index is 12.6. The molecule has 28 heavy (non-hydrogen) atoms. The normalized spacial score (nSPS) is 27.0. The Bertz CT molecular complexity index is 916. The molecule has 2 aromatic heterocycles. The third-order valence-electron chi connectivity index (χ3n) is 5.60. The smallest absolute Gasteiger partial charge is 0.440 e. The van der Waals surface area contributed by atoms with E-state index in [4.69, 9.17) is 4.42 Å². The molecule has 0 aliphatic carbocycles. The summed E-state index contributed by atoms with van der Waals surface area (Å²) in [6.45, 7) is 4.18. The van der Waals surface area contributed by atoms with Gasteiger partial charge in [-0.05, 0) is 38.8 Å². The summed E-state index contributed by atoms with van der Waals surface area (Å²) in [5.74, 6) is -2.42. The second kappa shape index (κ2) is 6.77. The molecule has 2 N–H and O–H groups in total. The number of halogens is 3. The minimum Gasteiger partial charge on any atom is -0.440 e. The SMILES string of the molecule is CC1C(NC(=O)c2cc3oc(NC(=O)C(F)(F)F)cc3cn2)C2CCN1CC2. The molecule has 0 spiro atoms. The van der Waals surface area contributed by atoms with Crippen LogP contribution in [0.3, 0.4) is 0 Å². The lowest BCUT2D eigenvalue weighted by atomic mass is 9.79. The van der Waals surface area contributed by atoms with E-state index in [0.29, 0.717) is 11.3 Å². The van der Waals surface area contributed by atoms with E-state index in [-0.39, 0.29) is 35.2 Å². The predicted octanol–water partition coefficient (Wildman–Crippen LogP) is 2.54. The van der Waals surface area contributed by atoms with Gasteiger partial charge in [-0.3, -0.25) is 24.8 Å². The molecule has 10 heteroatoms. The number of furan rings is 1. The predicted molar refractivity (Wildman–Crippen MR) is 93.7 cm³/mol. The van der Waals surface area contributed by atoms with Crippen molar-refractivity contribution in [3.63, 3.8) is 0 Å². The molecule has 2 bridgehead atoms. The minimum absolute atomic E-state index is 0.0331. The van der Waals surface area contributed by atoms with Crippen LogP contribution in [0.15, 0.2) is 22.7 Å². The number of piperidine rings is 3. The Balaban J connectivity index is 1.50. The quantitative estimate of drug-likeness (QED) is 0.833. The van der Waals surface area contributed by atoms with Crippen molar-refractivity contribution in [2.45, 2.75) is 38.0 Å². The number of nitrogens with one attached hydrogen (secondary N) is 2. The van der Waals surface area contributed by atoms with Gasteiger partial charge in [0, 0.05) is 35.8 Å². The summed E-state index contributed by atoms with van der Waals surface area (Å²) in [4.78, 5) is 30.1. The second-order valence-corrected chi connectivity index (χ2v) is 7.28. The van der Waals surface area contributed by atoms with Crippen LogP contribution in [0.2, 0.25) is 0 Å². The fourth-order valence-electron chi connectivity index (χ4n) is 4.07. The molecule has 0 radical (unpaired) electrons. The molecule has 3 fully saturated rings. The summed E-state index contributed by atoms with van der Waals surface area (Å²) < 4.78 is 42.3. The molecule has 2 amide bonds. The minimum atomic E-state index is -5.02. The number of aromatic nitrogens is 1. The molecule has 3 saturated heterocycles. The maximum Gasteiger partial charge on any atom is 0.471 e. The van der Waals surface area contributed by atoms with Crippen LogP contribution in [-0.4, -0.2) is 53.0 Å². The van der Waals surface area contributed by atoms with Crippen molar-refractivity contribution >= 4 is 28.7 Å². The van der Waals surface area contributed by atoms with Crippen molar-refractivity contribution in [2.75, 3.05) is 18.4 Å². The molecule has 150 valence electrons. The first-order valence-electron chi connectivity index (χ1n) is 9.05. The number of rotatable bonds is 3. The van der Waals surface area contributed by atoms with E-state index in [2.05, 4.69) is 22.1 Å². The van der Waals surface area contributed by atoms with Gasteiger partial charge in [0.05, 0.1) is 0 Å². The number of hydrogen-bond acceptors (Lipinski definition) is 5. The maximum absolute atomic E-state index is 12.6. The van der Waals surface area contributed by atoms with Gasteiger partial charge in [-0.15, -0.1) is 0 Å². The number of carbonyl (C=O) groups is 2. The van der Waals surface area contributed by atoms with E-state index in [1.807, 2.05) is 0 Å². The number of carbonyl (C=O) groups excluding carboxylic acids is 2. The third kappa shape index (κ3) is 3.44. The number of amides is 2. The lowest BCUT2D eigenvalue weighted by molar-refractivity contribution is -0.167. The van der Waals surface area contributed by atoms with Gasteiger partial charge in [0.1, 0.15) is 11.3 Å². The highest BCUT2D eigenvalue weighted by molar-refractivity contribution is 5.98. The zero-order valence-corrected chi connectivity index (χ0v) is 15.0. The van der Waals surface area contributed by atoms with Crippen LogP contribution < -0.4 is 10.6 Å². The molecule has 3 aliphatic heterocycles. The third-order valence-corrected chi connectivity index (χ3v) is 5.60. The van der Waals surface area contributed by atoms with Gasteiger partial charge in [0.2, 0.25) is 5.88 Å². The number of fused-ring (bicyclic) bond motifs is 4. The Morgan fingerprint density at radius 2 is 1.96 bits per heavy atom. The van der Waals surface area contributed by atoms with E-state index in [1.54, 1.807) is 5.32 Å². The lowest BCUT2D eigenvalue weighted by Crippen LogP contribution is -2.62. The first-order valence-corrected chi connectivity index (χ1v) is 9.05. The summed E-state index contributed by atoms with van der Waals surface area (Å²) in [6, 6.07) is 2.86. The molecule has 3 aliphatic rings. The average molecular weight is 396 g/mol. The van der Waals surface area contributed by atoms with Gasteiger partial charge >= 0.3 is 12.1 Å². The summed E-state index contributed by atoms with van der Waals surface area (Å²) in [6.07, 6.45) is -1.60. The van der Waals surface area contributed by atoms with Gasteiger partial charge < -0.3 is 9.73 Å². The molecule has 2 aromatic rings. The van der Waals surface area contributed by atoms with Crippen molar-refractivity contribution in [3.8, 4) is 0 Å². The summed E-state index contributed by atoms with van der Waals surface area (Å²) in [5, 5.41) is 5.06. The highest BCUT2D eigenvalue weighted by atomic mass is 19.4. The van der Waals surface area contributed by atoms with Crippen LogP contribution >= 0.6 is 0 Å². The molecular formula is C18H19F3N4O3. The Morgan fingerprint density at radius 1 is 1.25 bits per heavy atom. The first-order chi connectivity index (χ1) is 13.2. The van der Waals surface area contributed by atoms with Gasteiger partial charge in [-0.1, -0.05) is 0 Å². The molecule has 2 unspecified atom stereocenters. The van der Waals surface area contributed by atoms with E-state index < -0.39 is 12.1 Å². The van der Waals surface area contributed by atoms with Gasteiger partial charge in [-0.2, -0.15) is 13.2 Å². The van der Waals surface area contributed by atoms with E-state index in [9.17, 15) is 22.8 Å². The van der Waals surface area contributed by atoms with Crippen LogP contribution in [-0.2, 0) is 4.79 Å². The monoisotopic (exact) mass is 396 g/mol. The van der Waals surface area contributed by atoms with Crippen LogP contribution in [0, 0.1) is 5.92 Å². The summed E-state index contributed by atoms with van der Waals surface area (Å²) in [7, 11) is 0. The zero-order chi connectivity index (χ0) is 20.1. The Morgan fingerprint density at radius 3 is 2.61 bits per heavy atom. The fourth-order valence-corrected chi connectivity index (χ4v) is 4.07. The van der Waals surface area contributed by atoms with Crippen LogP contribution in [0.25, 0.3) is 11.0 Å². The number of hydrogen-bond donors (Lipinski definition) is 2. The van der Waals surface area contributed by atoms with Crippen molar-refractivity contribution in [2.24, 2.45) is 5.92 Å². The van der Waals surface area contributed by atoms with E-state index in [1.165, 1.54) is 18.3 Å². The van der Waals surface area contributed by atoms with E-state index in [0.717, 1.165) is 25.9 Å². The molecule has 0 saturated carbocycles. The number of alkyl halides is 3. The lowest BCUT2D eigenvalue weighted by Gasteiger charge is -2.49. The van der Waals surface area contributed by atoms with Crippen LogP contribution in [0.1, 0.15) is 30.3 Å². The van der Waals surface area contributed by atoms with Crippen LogP contribution in [0.4, 0.5) is 19.1 Å². The highest BCUT2D eigenvalue weighted by Gasteiger charge is 2.41. The summed E-state index contributed by atoms with van der Waals surface area (Å²) in [5.41, 5.74) is 0.277. The standard InChI is InChI=1S/C18H19F3N4O3/c1-9-15(10-2-4-25(9)5-3-10)24-16(26)12-7-13-11(8-22-12)6-14(28-13)23-17(27)18(19,20)21/h6-10,15H,2-5H2,1H3,(H,23,27)(H,24,26). The Kier molecular flexibility index (Phi) is 4.53. The van der Waals surface area contributed by atoms with Gasteiger partial charge in [-0.25, -0.2) is 0 Å². The van der Waals surface area contributed by atoms with Crippen molar-refractivity contribution in [1.29, 1.82) is 0 Å². The topological polar surface area (TPSA) is 87.5 Å². The Labute approximate surface area is 158 Å². The molecule has 7 nitrogen and oxygen atoms in total. The van der Waals surface area contributed by atoms with Crippen molar-refractivity contribution < 1.29 is 27.2 Å². The van der Waals surface area contributed by atoms with Crippen LogP contribution in [0.5, 0.6) is 0 Å². The molecular weight excluding hydrogens is 377 g/mol. The molecule has 2 atom stereocenters. The molecule has 5 heterocycles. The Hall–Kier alpha value is -2.62. The summed E-state index contributed by atoms with van der Waals surface area (Å²) >= 11 is 0. The zero-order valence-electron chi connectivity index (χ0n) is 15.0. The van der Waals surface area contributed by atoms with Crippen molar-refractivity contribution in [1.82, 2.24) is 15.2 Å². The average Bonchev–Trinajstić information content (AvgIpc) is 3.05. The molecule has 0 aromatic carbocycles. The highest BCUT2D eigenvalue weighted by Crippen LogP contribution is 2.32. The van der Waals surface area contributed by atoms with Gasteiger partial charge in [0.25, 0.3) is 5.91 Å². The molecule has 5 rings (SSSR count). The van der Waals surface area contributed by atoms with Gasteiger partial charge in [0.15, 0.2) is 0 Å². The largest absolute Gasteiger partial charge is 0.471 e. The number of pyridine rings is 1. The fraction of sp³-hybridized carbons (Fsp3) is 0.500. The second-order valence-electron chi connectivity index (χ2n) is 7.28.